The van der Waals surface area contributed by atoms with E-state index in [-0.39, 0.29) is 17.2 Å². The Balaban J connectivity index is 0.000000310. The number of hydrogen-bond donors (Lipinski definition) is 4. The van der Waals surface area contributed by atoms with Crippen molar-refractivity contribution in [2.45, 2.75) is 6.92 Å². The third-order valence-electron chi connectivity index (χ3n) is 0.959. The summed E-state index contributed by atoms with van der Waals surface area (Å²) in [5.41, 5.74) is 0. The first-order chi connectivity index (χ1) is 5.93. The molecule has 0 aliphatic heterocycles. The highest BCUT2D eigenvalue weighted by Crippen LogP contribution is 2.27. The molecular formula is C8H10O5. The van der Waals surface area contributed by atoms with Gasteiger partial charge in [-0.2, -0.15) is 0 Å². The Kier molecular flexibility index (Phi) is 4.15. The van der Waals surface area contributed by atoms with E-state index in [0.29, 0.717) is 0 Å². The Morgan fingerprint density at radius 1 is 1.15 bits per heavy atom. The number of rotatable bonds is 0. The molecule has 0 atom stereocenters. The van der Waals surface area contributed by atoms with Crippen LogP contribution in [0.5, 0.6) is 17.2 Å². The Morgan fingerprint density at radius 3 is 1.92 bits per heavy atom. The SMILES string of the molecule is CC(=O)O.Oc1ccc(O)c(O)c1. The fraction of sp³-hybridized carbons (Fsp3) is 0.125. The van der Waals surface area contributed by atoms with E-state index in [1.807, 2.05) is 0 Å². The Bertz CT molecular complexity index is 291. The molecule has 72 valence electrons. The molecule has 1 aromatic rings. The molecule has 0 saturated carbocycles. The summed E-state index contributed by atoms with van der Waals surface area (Å²) in [6, 6.07) is 3.56. The van der Waals surface area contributed by atoms with E-state index in [9.17, 15) is 0 Å². The van der Waals surface area contributed by atoms with Crippen LogP contribution in [-0.2, 0) is 4.79 Å². The second kappa shape index (κ2) is 4.87. The highest BCUT2D eigenvalue weighted by Gasteiger charge is 1.96. The molecule has 0 unspecified atom stereocenters. The molecule has 0 amide bonds. The molecular weight excluding hydrogens is 176 g/mol. The minimum atomic E-state index is -0.833. The smallest absolute Gasteiger partial charge is 0.300 e. The lowest BCUT2D eigenvalue weighted by molar-refractivity contribution is -0.134. The van der Waals surface area contributed by atoms with Crippen molar-refractivity contribution in [1.29, 1.82) is 0 Å². The molecule has 13 heavy (non-hydrogen) atoms. The molecule has 5 heteroatoms. The summed E-state index contributed by atoms with van der Waals surface area (Å²) in [5.74, 6) is -1.44. The van der Waals surface area contributed by atoms with Gasteiger partial charge in [-0.15, -0.1) is 0 Å². The zero-order valence-corrected chi connectivity index (χ0v) is 6.93. The van der Waals surface area contributed by atoms with Crippen molar-refractivity contribution in [2.75, 3.05) is 0 Å². The van der Waals surface area contributed by atoms with E-state index < -0.39 is 5.97 Å². The van der Waals surface area contributed by atoms with Gasteiger partial charge in [0.05, 0.1) is 0 Å². The van der Waals surface area contributed by atoms with E-state index >= 15 is 0 Å². The number of phenolic OH excluding ortho intramolecular Hbond substituents is 3. The van der Waals surface area contributed by atoms with Gasteiger partial charge in [0.1, 0.15) is 5.75 Å². The van der Waals surface area contributed by atoms with Crippen molar-refractivity contribution in [2.24, 2.45) is 0 Å². The number of carboxylic acids is 1. The van der Waals surface area contributed by atoms with Crippen LogP contribution in [0.4, 0.5) is 0 Å². The average molecular weight is 186 g/mol. The first-order valence-electron chi connectivity index (χ1n) is 3.34. The molecule has 0 heterocycles. The van der Waals surface area contributed by atoms with Gasteiger partial charge in [0.15, 0.2) is 11.5 Å². The lowest BCUT2D eigenvalue weighted by Crippen LogP contribution is -1.78. The summed E-state index contributed by atoms with van der Waals surface area (Å²) in [4.78, 5) is 9.00. The monoisotopic (exact) mass is 186 g/mol. The number of carbonyl (C=O) groups is 1. The standard InChI is InChI=1S/C6H6O3.C2H4O2/c7-4-1-2-5(8)6(9)3-4;1-2(3)4/h1-3,7-9H;1H3,(H,3,4). The molecule has 4 N–H and O–H groups in total. The first-order valence-corrected chi connectivity index (χ1v) is 3.34. The first kappa shape index (κ1) is 11.1. The highest BCUT2D eigenvalue weighted by atomic mass is 16.4. The summed E-state index contributed by atoms with van der Waals surface area (Å²) in [6.45, 7) is 1.08. The summed E-state index contributed by atoms with van der Waals surface area (Å²) in [7, 11) is 0. The zero-order valence-electron chi connectivity index (χ0n) is 6.93. The highest BCUT2D eigenvalue weighted by molar-refractivity contribution is 5.62. The van der Waals surface area contributed by atoms with Crippen molar-refractivity contribution in [3.05, 3.63) is 18.2 Å². The van der Waals surface area contributed by atoms with Crippen LogP contribution in [0.1, 0.15) is 6.92 Å². The van der Waals surface area contributed by atoms with Crippen molar-refractivity contribution < 1.29 is 25.2 Å². The predicted molar refractivity (Wildman–Crippen MR) is 44.7 cm³/mol. The molecule has 0 radical (unpaired) electrons. The molecule has 0 fully saturated rings. The molecule has 0 aliphatic carbocycles. The molecule has 5 nitrogen and oxygen atoms in total. The minimum Gasteiger partial charge on any atom is -0.508 e. The van der Waals surface area contributed by atoms with E-state index in [1.54, 1.807) is 0 Å². The normalized spacial score (nSPS) is 8.38. The van der Waals surface area contributed by atoms with Crippen LogP contribution in [0.2, 0.25) is 0 Å². The van der Waals surface area contributed by atoms with Gasteiger partial charge in [0.2, 0.25) is 0 Å². The van der Waals surface area contributed by atoms with Crippen molar-refractivity contribution in [3.8, 4) is 17.2 Å². The fourth-order valence-electron chi connectivity index (χ4n) is 0.512. The number of phenols is 3. The van der Waals surface area contributed by atoms with Gasteiger partial charge in [0, 0.05) is 13.0 Å². The van der Waals surface area contributed by atoms with Crippen LogP contribution >= 0.6 is 0 Å². The lowest BCUT2D eigenvalue weighted by atomic mass is 10.3. The second-order valence-corrected chi connectivity index (χ2v) is 2.19. The van der Waals surface area contributed by atoms with Crippen LogP contribution in [0.25, 0.3) is 0 Å². The Morgan fingerprint density at radius 2 is 1.62 bits per heavy atom. The summed E-state index contributed by atoms with van der Waals surface area (Å²) >= 11 is 0. The summed E-state index contributed by atoms with van der Waals surface area (Å²) < 4.78 is 0. The van der Waals surface area contributed by atoms with Crippen molar-refractivity contribution in [3.63, 3.8) is 0 Å². The van der Waals surface area contributed by atoms with Gasteiger partial charge in [0.25, 0.3) is 5.97 Å². The number of carboxylic acid groups (broad SMARTS) is 1. The Labute approximate surface area is 74.5 Å². The van der Waals surface area contributed by atoms with E-state index in [1.165, 1.54) is 12.1 Å². The number of hydrogen-bond acceptors (Lipinski definition) is 4. The maximum atomic E-state index is 9.00. The van der Waals surface area contributed by atoms with Gasteiger partial charge < -0.3 is 20.4 Å². The molecule has 1 aromatic carbocycles. The molecule has 0 aliphatic rings. The fourth-order valence-corrected chi connectivity index (χ4v) is 0.512. The molecule has 0 saturated heterocycles. The third-order valence-corrected chi connectivity index (χ3v) is 0.959. The van der Waals surface area contributed by atoms with E-state index in [0.717, 1.165) is 13.0 Å². The van der Waals surface area contributed by atoms with Crippen molar-refractivity contribution in [1.82, 2.24) is 0 Å². The van der Waals surface area contributed by atoms with Gasteiger partial charge >= 0.3 is 0 Å². The number of aromatic hydroxyl groups is 3. The van der Waals surface area contributed by atoms with Gasteiger partial charge in [-0.1, -0.05) is 0 Å². The van der Waals surface area contributed by atoms with Crippen LogP contribution in [0, 0.1) is 0 Å². The molecule has 0 aromatic heterocycles. The molecule has 0 bridgehead atoms. The molecule has 0 spiro atoms. The second-order valence-electron chi connectivity index (χ2n) is 2.19. The quantitative estimate of drug-likeness (QED) is 0.356. The summed E-state index contributed by atoms with van der Waals surface area (Å²) in [5, 5.41) is 33.5. The topological polar surface area (TPSA) is 98.0 Å². The van der Waals surface area contributed by atoms with Crippen LogP contribution in [0.15, 0.2) is 18.2 Å². The number of aliphatic carboxylic acids is 1. The Hall–Kier alpha value is -1.91. The van der Waals surface area contributed by atoms with Crippen LogP contribution in [0.3, 0.4) is 0 Å². The summed E-state index contributed by atoms with van der Waals surface area (Å²) in [6.07, 6.45) is 0. The maximum absolute atomic E-state index is 9.00. The van der Waals surface area contributed by atoms with Gasteiger partial charge in [-0.05, 0) is 12.1 Å². The zero-order chi connectivity index (χ0) is 10.4. The van der Waals surface area contributed by atoms with Crippen molar-refractivity contribution >= 4 is 5.97 Å². The largest absolute Gasteiger partial charge is 0.508 e. The third kappa shape index (κ3) is 5.37. The van der Waals surface area contributed by atoms with E-state index in [4.69, 9.17) is 25.2 Å². The number of benzene rings is 1. The van der Waals surface area contributed by atoms with Crippen LogP contribution < -0.4 is 0 Å². The van der Waals surface area contributed by atoms with Gasteiger partial charge in [-0.25, -0.2) is 0 Å². The van der Waals surface area contributed by atoms with E-state index in [2.05, 4.69) is 0 Å². The minimum absolute atomic E-state index is 0.0645. The van der Waals surface area contributed by atoms with Gasteiger partial charge in [-0.3, -0.25) is 4.79 Å². The van der Waals surface area contributed by atoms with Crippen LogP contribution in [-0.4, -0.2) is 26.4 Å². The average Bonchev–Trinajstić information content (AvgIpc) is 1.96. The predicted octanol–water partition coefficient (Wildman–Crippen LogP) is 0.894. The maximum Gasteiger partial charge on any atom is 0.300 e. The lowest BCUT2D eigenvalue weighted by Gasteiger charge is -1.95. The molecule has 1 rings (SSSR count).